The molecule has 0 saturated heterocycles. The van der Waals surface area contributed by atoms with Gasteiger partial charge in [-0.25, -0.2) is 4.98 Å². The van der Waals surface area contributed by atoms with Gasteiger partial charge in [-0.05, 0) is 30.9 Å². The van der Waals surface area contributed by atoms with Crippen molar-refractivity contribution in [1.82, 2.24) is 4.98 Å². The Labute approximate surface area is 106 Å². The van der Waals surface area contributed by atoms with Gasteiger partial charge in [-0.1, -0.05) is 24.3 Å². The number of benzene rings is 1. The summed E-state index contributed by atoms with van der Waals surface area (Å²) in [6.45, 7) is -0.0267. The lowest BCUT2D eigenvalue weighted by molar-refractivity contribution is 0.276. The van der Waals surface area contributed by atoms with Gasteiger partial charge in [0.25, 0.3) is 0 Å². The number of nitrogens with zero attached hydrogens (tertiary/aromatic N) is 1. The zero-order valence-electron chi connectivity index (χ0n) is 10.1. The van der Waals surface area contributed by atoms with Gasteiger partial charge in [0.05, 0.1) is 6.61 Å². The van der Waals surface area contributed by atoms with Crippen molar-refractivity contribution >= 4 is 0 Å². The fourth-order valence-electron chi connectivity index (χ4n) is 2.30. The Balaban J connectivity index is 1.88. The summed E-state index contributed by atoms with van der Waals surface area (Å²) in [5.74, 6) is 1.28. The number of ether oxygens (including phenoxy) is 1. The van der Waals surface area contributed by atoms with Crippen LogP contribution in [0.4, 0.5) is 0 Å². The Morgan fingerprint density at radius 1 is 1.11 bits per heavy atom. The molecule has 0 amide bonds. The van der Waals surface area contributed by atoms with Crippen LogP contribution in [0.1, 0.15) is 23.2 Å². The van der Waals surface area contributed by atoms with Crippen molar-refractivity contribution in [2.45, 2.75) is 25.9 Å². The number of aliphatic hydroxyl groups is 1. The predicted molar refractivity (Wildman–Crippen MR) is 68.7 cm³/mol. The van der Waals surface area contributed by atoms with Gasteiger partial charge in [0.15, 0.2) is 0 Å². The van der Waals surface area contributed by atoms with Crippen LogP contribution in [0.15, 0.2) is 36.4 Å². The molecule has 0 saturated carbocycles. The van der Waals surface area contributed by atoms with Crippen LogP contribution in [0.2, 0.25) is 0 Å². The van der Waals surface area contributed by atoms with Crippen molar-refractivity contribution in [3.8, 4) is 11.6 Å². The van der Waals surface area contributed by atoms with Gasteiger partial charge < -0.3 is 9.84 Å². The van der Waals surface area contributed by atoms with Crippen LogP contribution in [0.25, 0.3) is 0 Å². The first-order valence-electron chi connectivity index (χ1n) is 6.22. The highest BCUT2D eigenvalue weighted by molar-refractivity contribution is 5.37. The van der Waals surface area contributed by atoms with Crippen molar-refractivity contribution in [2.75, 3.05) is 0 Å². The average molecular weight is 241 g/mol. The average Bonchev–Trinajstić information content (AvgIpc) is 2.87. The molecule has 92 valence electrons. The molecular formula is C15H15NO2. The molecular weight excluding hydrogens is 226 g/mol. The van der Waals surface area contributed by atoms with Crippen molar-refractivity contribution in [2.24, 2.45) is 0 Å². The van der Waals surface area contributed by atoms with Crippen molar-refractivity contribution in [3.63, 3.8) is 0 Å². The van der Waals surface area contributed by atoms with Crippen molar-refractivity contribution < 1.29 is 9.84 Å². The number of pyridine rings is 1. The molecule has 1 aromatic carbocycles. The van der Waals surface area contributed by atoms with Gasteiger partial charge >= 0.3 is 0 Å². The summed E-state index contributed by atoms with van der Waals surface area (Å²) >= 11 is 0. The topological polar surface area (TPSA) is 42.4 Å². The molecule has 18 heavy (non-hydrogen) atoms. The number of aromatic nitrogens is 1. The molecule has 0 aliphatic heterocycles. The third-order valence-corrected chi connectivity index (χ3v) is 3.26. The van der Waals surface area contributed by atoms with Crippen LogP contribution in [0.5, 0.6) is 11.6 Å². The van der Waals surface area contributed by atoms with E-state index in [1.807, 2.05) is 30.3 Å². The number of hydrogen-bond acceptors (Lipinski definition) is 3. The summed E-state index contributed by atoms with van der Waals surface area (Å²) in [5, 5.41) is 9.25. The molecule has 0 bridgehead atoms. The van der Waals surface area contributed by atoms with Gasteiger partial charge in [0.2, 0.25) is 5.88 Å². The largest absolute Gasteiger partial charge is 0.439 e. The first-order valence-corrected chi connectivity index (χ1v) is 6.22. The third-order valence-electron chi connectivity index (χ3n) is 3.26. The molecule has 0 radical (unpaired) electrons. The Kier molecular flexibility index (Phi) is 2.99. The molecule has 1 heterocycles. The summed E-state index contributed by atoms with van der Waals surface area (Å²) in [5.41, 5.74) is 3.26. The van der Waals surface area contributed by atoms with Gasteiger partial charge in [-0.2, -0.15) is 0 Å². The Hall–Kier alpha value is -1.87. The summed E-state index contributed by atoms with van der Waals surface area (Å²) in [4.78, 5) is 4.52. The Morgan fingerprint density at radius 3 is 2.89 bits per heavy atom. The normalized spacial score (nSPS) is 13.4. The smallest absolute Gasteiger partial charge is 0.219 e. The molecule has 2 aromatic rings. The minimum absolute atomic E-state index is 0.0267. The predicted octanol–water partition coefficient (Wildman–Crippen LogP) is 2.85. The van der Waals surface area contributed by atoms with Crippen molar-refractivity contribution in [3.05, 3.63) is 53.2 Å². The van der Waals surface area contributed by atoms with Crippen LogP contribution in [0.3, 0.4) is 0 Å². The van der Waals surface area contributed by atoms with Gasteiger partial charge in [-0.15, -0.1) is 0 Å². The second-order valence-corrected chi connectivity index (χ2v) is 4.48. The number of aryl methyl sites for hydroxylation is 2. The highest BCUT2D eigenvalue weighted by atomic mass is 16.5. The molecule has 0 unspecified atom stereocenters. The second kappa shape index (κ2) is 4.78. The highest BCUT2D eigenvalue weighted by Gasteiger charge is 2.13. The summed E-state index contributed by atoms with van der Waals surface area (Å²) < 4.78 is 5.75. The molecule has 0 atom stereocenters. The highest BCUT2D eigenvalue weighted by Crippen LogP contribution is 2.27. The number of rotatable bonds is 3. The maximum atomic E-state index is 9.25. The molecule has 1 aromatic heterocycles. The van der Waals surface area contributed by atoms with Crippen LogP contribution < -0.4 is 4.74 Å². The fourth-order valence-corrected chi connectivity index (χ4v) is 2.30. The van der Waals surface area contributed by atoms with E-state index in [0.29, 0.717) is 11.6 Å². The van der Waals surface area contributed by atoms with E-state index in [9.17, 15) is 5.11 Å². The van der Waals surface area contributed by atoms with Gasteiger partial charge in [-0.3, -0.25) is 0 Å². The van der Waals surface area contributed by atoms with E-state index in [0.717, 1.165) is 24.1 Å². The van der Waals surface area contributed by atoms with E-state index in [-0.39, 0.29) is 6.61 Å². The first kappa shape index (κ1) is 11.2. The first-order chi connectivity index (χ1) is 8.86. The summed E-state index contributed by atoms with van der Waals surface area (Å²) in [6, 6.07) is 11.5. The van der Waals surface area contributed by atoms with Crippen LogP contribution in [-0.2, 0) is 19.4 Å². The zero-order chi connectivity index (χ0) is 12.4. The third kappa shape index (κ3) is 2.09. The molecule has 1 aliphatic carbocycles. The minimum atomic E-state index is -0.0267. The fraction of sp³-hybridized carbons (Fsp3) is 0.267. The van der Waals surface area contributed by atoms with Crippen LogP contribution in [-0.4, -0.2) is 10.1 Å². The van der Waals surface area contributed by atoms with E-state index >= 15 is 0 Å². The van der Waals surface area contributed by atoms with Gasteiger partial charge in [0, 0.05) is 17.3 Å². The number of fused-ring (bicyclic) bond motifs is 1. The molecule has 3 rings (SSSR count). The van der Waals surface area contributed by atoms with E-state index in [4.69, 9.17) is 4.74 Å². The van der Waals surface area contributed by atoms with E-state index in [1.54, 1.807) is 0 Å². The summed E-state index contributed by atoms with van der Waals surface area (Å²) in [6.07, 6.45) is 3.34. The lowest BCUT2D eigenvalue weighted by atomic mass is 10.2. The summed E-state index contributed by atoms with van der Waals surface area (Å²) in [7, 11) is 0. The maximum Gasteiger partial charge on any atom is 0.219 e. The monoisotopic (exact) mass is 241 g/mol. The van der Waals surface area contributed by atoms with Crippen LogP contribution in [0, 0.1) is 0 Å². The number of para-hydroxylation sites is 1. The SMILES string of the molecule is OCc1ccccc1Oc1ccc2c(n1)CCC2. The Bertz CT molecular complexity index is 566. The lowest BCUT2D eigenvalue weighted by Crippen LogP contribution is -1.95. The number of aliphatic hydroxyl groups excluding tert-OH is 1. The molecule has 1 N–H and O–H groups in total. The molecule has 3 nitrogen and oxygen atoms in total. The standard InChI is InChI=1S/C15H15NO2/c17-10-12-4-1-2-7-14(12)18-15-9-8-11-5-3-6-13(11)16-15/h1-2,4,7-9,17H,3,5-6,10H2. The molecule has 1 aliphatic rings. The Morgan fingerprint density at radius 2 is 2.00 bits per heavy atom. The molecule has 3 heteroatoms. The van der Waals surface area contributed by atoms with E-state index in [2.05, 4.69) is 11.1 Å². The molecule has 0 fully saturated rings. The number of hydrogen-bond donors (Lipinski definition) is 1. The van der Waals surface area contributed by atoms with E-state index < -0.39 is 0 Å². The van der Waals surface area contributed by atoms with Gasteiger partial charge in [0.1, 0.15) is 5.75 Å². The lowest BCUT2D eigenvalue weighted by Gasteiger charge is -2.09. The second-order valence-electron chi connectivity index (χ2n) is 4.48. The molecule has 0 spiro atoms. The van der Waals surface area contributed by atoms with Crippen molar-refractivity contribution in [1.29, 1.82) is 0 Å². The quantitative estimate of drug-likeness (QED) is 0.898. The zero-order valence-corrected chi connectivity index (χ0v) is 10.1. The minimum Gasteiger partial charge on any atom is -0.439 e. The van der Waals surface area contributed by atoms with Crippen LogP contribution >= 0.6 is 0 Å². The maximum absolute atomic E-state index is 9.25. The van der Waals surface area contributed by atoms with E-state index in [1.165, 1.54) is 12.0 Å².